The van der Waals surface area contributed by atoms with E-state index in [1.165, 1.54) is 23.4 Å². The minimum absolute atomic E-state index is 0.0232. The summed E-state index contributed by atoms with van der Waals surface area (Å²) >= 11 is 0. The number of carbonyl (C=O) groups is 2. The lowest BCUT2D eigenvalue weighted by molar-refractivity contribution is -0.274. The number of alkyl halides is 3. The lowest BCUT2D eigenvalue weighted by Gasteiger charge is -2.30. The van der Waals surface area contributed by atoms with Gasteiger partial charge in [-0.15, -0.1) is 13.2 Å². The molecule has 0 spiro atoms. The second kappa shape index (κ2) is 10.7. The zero-order valence-electron chi connectivity index (χ0n) is 20.9. The van der Waals surface area contributed by atoms with Crippen molar-refractivity contribution in [3.63, 3.8) is 0 Å². The third-order valence-corrected chi connectivity index (χ3v) is 6.54. The number of amides is 2. The number of rotatable bonds is 6. The second-order valence-corrected chi connectivity index (χ2v) is 9.23. The van der Waals surface area contributed by atoms with E-state index >= 15 is 0 Å². The number of piperidine rings is 1. The maximum Gasteiger partial charge on any atom is 0.573 e. The van der Waals surface area contributed by atoms with Crippen molar-refractivity contribution in [1.29, 1.82) is 0 Å². The maximum atomic E-state index is 12.5. The first-order valence-corrected chi connectivity index (χ1v) is 12.3. The van der Waals surface area contributed by atoms with Crippen molar-refractivity contribution in [2.24, 2.45) is 0 Å². The van der Waals surface area contributed by atoms with Crippen molar-refractivity contribution < 1.29 is 32.6 Å². The Labute approximate surface area is 225 Å². The van der Waals surface area contributed by atoms with Crippen LogP contribution in [0.5, 0.6) is 5.75 Å². The summed E-state index contributed by atoms with van der Waals surface area (Å²) in [7, 11) is 0. The van der Waals surface area contributed by atoms with E-state index in [0.29, 0.717) is 35.3 Å². The topological polar surface area (TPSA) is 148 Å². The molecule has 0 aliphatic carbocycles. The molecule has 5 rings (SSSR count). The molecular formula is C26H24F3N7O4. The molecule has 2 aromatic heterocycles. The molecule has 4 N–H and O–H groups in total. The summed E-state index contributed by atoms with van der Waals surface area (Å²) in [5.74, 6) is -0.803. The van der Waals surface area contributed by atoms with Gasteiger partial charge in [-0.05, 0) is 36.6 Å². The van der Waals surface area contributed by atoms with Crippen molar-refractivity contribution in [2.45, 2.75) is 31.8 Å². The van der Waals surface area contributed by atoms with Gasteiger partial charge in [-0.1, -0.05) is 30.3 Å². The summed E-state index contributed by atoms with van der Waals surface area (Å²) < 4.78 is 43.0. The summed E-state index contributed by atoms with van der Waals surface area (Å²) in [4.78, 5) is 33.9. The number of nitrogen functional groups attached to an aromatic ring is 1. The lowest BCUT2D eigenvalue weighted by atomic mass is 10.1. The Morgan fingerprint density at radius 1 is 1.15 bits per heavy atom. The van der Waals surface area contributed by atoms with E-state index in [1.807, 2.05) is 0 Å². The normalized spacial score (nSPS) is 15.7. The number of likely N-dealkylation sites (tertiary alicyclic amines) is 1. The molecule has 1 aliphatic heterocycles. The molecule has 4 aromatic rings. The number of halogens is 3. The van der Waals surface area contributed by atoms with Crippen molar-refractivity contribution >= 4 is 28.9 Å². The molecule has 1 saturated heterocycles. The van der Waals surface area contributed by atoms with Crippen molar-refractivity contribution in [1.82, 2.24) is 30.0 Å². The van der Waals surface area contributed by atoms with Crippen molar-refractivity contribution in [2.75, 3.05) is 18.8 Å². The van der Waals surface area contributed by atoms with Crippen LogP contribution in [0, 0.1) is 0 Å². The standard InChI is InChI=1S/C26H24F3N7O4/c27-26(28,29)40-19-5-1-3-17(11-19)24(37)31-12-15-6-8-16(9-7-15)21-20-22(30)32-14-33-23(20)36(34-21)18-4-2-10-35(13-18)25(38)39/h1,3,5-9,11,14,18H,2,4,10,12-13H2,(H,31,37)(H,38,39)(H2,30,32,33)/t18-/m1/s1. The van der Waals surface area contributed by atoms with Gasteiger partial charge in [-0.2, -0.15) is 5.10 Å². The van der Waals surface area contributed by atoms with Gasteiger partial charge in [-0.25, -0.2) is 19.4 Å². The van der Waals surface area contributed by atoms with E-state index in [0.717, 1.165) is 24.1 Å². The smallest absolute Gasteiger partial charge is 0.465 e. The highest BCUT2D eigenvalue weighted by Crippen LogP contribution is 2.34. The maximum absolute atomic E-state index is 12.5. The van der Waals surface area contributed by atoms with Gasteiger partial charge in [0, 0.05) is 30.8 Å². The Balaban J connectivity index is 1.34. The fourth-order valence-electron chi connectivity index (χ4n) is 4.68. The molecule has 0 bridgehead atoms. The third kappa shape index (κ3) is 5.75. The lowest BCUT2D eigenvalue weighted by Crippen LogP contribution is -2.40. The van der Waals surface area contributed by atoms with Crippen LogP contribution in [-0.4, -0.2) is 61.2 Å². The van der Waals surface area contributed by atoms with E-state index in [-0.39, 0.29) is 30.5 Å². The average Bonchev–Trinajstić information content (AvgIpc) is 3.32. The summed E-state index contributed by atoms with van der Waals surface area (Å²) in [6.45, 7) is 0.857. The minimum Gasteiger partial charge on any atom is -0.465 e. The average molecular weight is 556 g/mol. The Kier molecular flexibility index (Phi) is 7.15. The molecule has 208 valence electrons. The first kappa shape index (κ1) is 26.7. The van der Waals surface area contributed by atoms with Crippen LogP contribution < -0.4 is 15.8 Å². The molecule has 0 radical (unpaired) electrons. The molecule has 2 amide bonds. The van der Waals surface area contributed by atoms with Crippen molar-refractivity contribution in [3.05, 3.63) is 66.0 Å². The molecule has 40 heavy (non-hydrogen) atoms. The van der Waals surface area contributed by atoms with Gasteiger partial charge in [0.25, 0.3) is 5.91 Å². The molecule has 0 saturated carbocycles. The zero-order valence-corrected chi connectivity index (χ0v) is 20.9. The highest BCUT2D eigenvalue weighted by atomic mass is 19.4. The third-order valence-electron chi connectivity index (χ3n) is 6.54. The molecule has 1 atom stereocenters. The van der Waals surface area contributed by atoms with Crippen LogP contribution in [0.2, 0.25) is 0 Å². The molecule has 0 unspecified atom stereocenters. The number of nitrogens with one attached hydrogen (secondary N) is 1. The van der Waals surface area contributed by atoms with E-state index in [4.69, 9.17) is 10.8 Å². The van der Waals surface area contributed by atoms with Crippen molar-refractivity contribution in [3.8, 4) is 17.0 Å². The summed E-state index contributed by atoms with van der Waals surface area (Å²) in [5.41, 5.74) is 8.71. The number of carboxylic acid groups (broad SMARTS) is 1. The number of nitrogens with zero attached hydrogens (tertiary/aromatic N) is 5. The largest absolute Gasteiger partial charge is 0.573 e. The Hall–Kier alpha value is -4.88. The Morgan fingerprint density at radius 3 is 2.65 bits per heavy atom. The summed E-state index contributed by atoms with van der Waals surface area (Å²) in [5, 5.41) is 17.4. The predicted molar refractivity (Wildman–Crippen MR) is 137 cm³/mol. The number of nitrogens with two attached hydrogens (primary N) is 1. The van der Waals surface area contributed by atoms with Gasteiger partial charge in [0.1, 0.15) is 23.6 Å². The second-order valence-electron chi connectivity index (χ2n) is 9.23. The Morgan fingerprint density at radius 2 is 1.93 bits per heavy atom. The molecular weight excluding hydrogens is 531 g/mol. The molecule has 3 heterocycles. The number of aromatic nitrogens is 4. The SMILES string of the molecule is Nc1ncnc2c1c(-c1ccc(CNC(=O)c3cccc(OC(F)(F)F)c3)cc1)nn2[C@@H]1CCCN(C(=O)O)C1. The fourth-order valence-corrected chi connectivity index (χ4v) is 4.68. The van der Waals surface area contributed by atoms with E-state index in [2.05, 4.69) is 20.0 Å². The first-order chi connectivity index (χ1) is 19.1. The zero-order chi connectivity index (χ0) is 28.4. The monoisotopic (exact) mass is 555 g/mol. The minimum atomic E-state index is -4.86. The van der Waals surface area contributed by atoms with E-state index in [1.54, 1.807) is 28.9 Å². The van der Waals surface area contributed by atoms with E-state index < -0.39 is 24.1 Å². The highest BCUT2D eigenvalue weighted by Gasteiger charge is 2.31. The highest BCUT2D eigenvalue weighted by molar-refractivity contribution is 5.98. The van der Waals surface area contributed by atoms with Crippen LogP contribution in [0.15, 0.2) is 54.9 Å². The van der Waals surface area contributed by atoms with Gasteiger partial charge < -0.3 is 25.8 Å². The number of ether oxygens (including phenoxy) is 1. The fraction of sp³-hybridized carbons (Fsp3) is 0.269. The predicted octanol–water partition coefficient (Wildman–Crippen LogP) is 4.22. The van der Waals surface area contributed by atoms with Gasteiger partial charge in [0.05, 0.1) is 11.4 Å². The molecule has 11 nitrogen and oxygen atoms in total. The van der Waals surface area contributed by atoms with Gasteiger partial charge in [0.2, 0.25) is 0 Å². The Bertz CT molecular complexity index is 1560. The van der Waals surface area contributed by atoms with Gasteiger partial charge >= 0.3 is 12.5 Å². The van der Waals surface area contributed by atoms with Crippen LogP contribution in [0.25, 0.3) is 22.3 Å². The molecule has 14 heteroatoms. The number of anilines is 1. The summed E-state index contributed by atoms with van der Waals surface area (Å²) in [6.07, 6.45) is -3.08. The van der Waals surface area contributed by atoms with E-state index in [9.17, 15) is 27.9 Å². The first-order valence-electron chi connectivity index (χ1n) is 12.3. The van der Waals surface area contributed by atoms with Crippen LogP contribution in [-0.2, 0) is 6.54 Å². The number of hydrogen-bond acceptors (Lipinski definition) is 7. The quantitative estimate of drug-likeness (QED) is 0.320. The van der Waals surface area contributed by atoms with Gasteiger partial charge in [0.15, 0.2) is 5.65 Å². The summed E-state index contributed by atoms with van der Waals surface area (Å²) in [6, 6.07) is 11.7. The van der Waals surface area contributed by atoms with Gasteiger partial charge in [-0.3, -0.25) is 4.79 Å². The number of benzene rings is 2. The number of carbonyl (C=O) groups excluding carboxylic acids is 1. The number of hydrogen-bond donors (Lipinski definition) is 3. The molecule has 1 aliphatic rings. The van der Waals surface area contributed by atoms with Crippen LogP contribution in [0.1, 0.15) is 34.8 Å². The molecule has 1 fully saturated rings. The van der Waals surface area contributed by atoms with Crippen LogP contribution in [0.3, 0.4) is 0 Å². The van der Waals surface area contributed by atoms with Crippen LogP contribution >= 0.6 is 0 Å². The number of fused-ring (bicyclic) bond motifs is 1. The molecule has 2 aromatic carbocycles. The van der Waals surface area contributed by atoms with Crippen LogP contribution in [0.4, 0.5) is 23.8 Å².